The molecule has 1 aliphatic carbocycles. The molecule has 1 saturated carbocycles. The van der Waals surface area contributed by atoms with Gasteiger partial charge in [-0.1, -0.05) is 26.7 Å². The van der Waals surface area contributed by atoms with Crippen molar-refractivity contribution in [2.75, 3.05) is 0 Å². The summed E-state index contributed by atoms with van der Waals surface area (Å²) in [4.78, 5) is -0.375. The van der Waals surface area contributed by atoms with Crippen LogP contribution in [0.25, 0.3) is 0 Å². The van der Waals surface area contributed by atoms with Crippen molar-refractivity contribution in [3.8, 4) is 0 Å². The molecular formula is C14H26OS. The van der Waals surface area contributed by atoms with Gasteiger partial charge in [0, 0.05) is 5.25 Å². The molecule has 2 fully saturated rings. The molecule has 1 aliphatic heterocycles. The van der Waals surface area contributed by atoms with Crippen molar-refractivity contribution < 1.29 is 5.11 Å². The Morgan fingerprint density at radius 3 is 2.81 bits per heavy atom. The summed E-state index contributed by atoms with van der Waals surface area (Å²) < 4.78 is 0. The van der Waals surface area contributed by atoms with Crippen LogP contribution in [0, 0.1) is 11.8 Å². The minimum Gasteiger partial charge on any atom is -0.380 e. The van der Waals surface area contributed by atoms with Crippen LogP contribution in [0.4, 0.5) is 0 Å². The van der Waals surface area contributed by atoms with Gasteiger partial charge in [-0.05, 0) is 50.4 Å². The molecule has 1 heterocycles. The Bertz CT molecular complexity index is 231. The highest BCUT2D eigenvalue weighted by Crippen LogP contribution is 2.52. The van der Waals surface area contributed by atoms with E-state index in [-0.39, 0.29) is 4.93 Å². The summed E-state index contributed by atoms with van der Waals surface area (Å²) in [6, 6.07) is 0. The Labute approximate surface area is 104 Å². The van der Waals surface area contributed by atoms with Gasteiger partial charge in [0.2, 0.25) is 0 Å². The maximum Gasteiger partial charge on any atom is 0.110 e. The lowest BCUT2D eigenvalue weighted by atomic mass is 9.90. The average Bonchev–Trinajstić information content (AvgIpc) is 2.60. The first-order chi connectivity index (χ1) is 7.64. The monoisotopic (exact) mass is 242 g/mol. The standard InChI is InChI=1S/C14H26OS/c1-3-4-5-9-14(15)10-8-12-11(2)6-7-13(12)16-14/h11-13,15H,3-10H2,1-2H3/t11?,12-,13-,14?/m1/s1. The van der Waals surface area contributed by atoms with Gasteiger partial charge in [-0.3, -0.25) is 0 Å². The largest absolute Gasteiger partial charge is 0.380 e. The van der Waals surface area contributed by atoms with Gasteiger partial charge < -0.3 is 5.11 Å². The van der Waals surface area contributed by atoms with E-state index in [2.05, 4.69) is 13.8 Å². The zero-order valence-corrected chi connectivity index (χ0v) is 11.6. The third-order valence-electron chi connectivity index (χ3n) is 4.53. The fourth-order valence-corrected chi connectivity index (χ4v) is 5.30. The highest BCUT2D eigenvalue weighted by atomic mass is 32.2. The molecule has 2 heteroatoms. The molecule has 2 unspecified atom stereocenters. The molecular weight excluding hydrogens is 216 g/mol. The number of aliphatic hydroxyl groups is 1. The quantitative estimate of drug-likeness (QED) is 0.746. The number of unbranched alkanes of at least 4 members (excludes halogenated alkanes) is 2. The third kappa shape index (κ3) is 2.76. The topological polar surface area (TPSA) is 20.2 Å². The van der Waals surface area contributed by atoms with Crippen molar-refractivity contribution in [2.24, 2.45) is 11.8 Å². The van der Waals surface area contributed by atoms with Crippen molar-refractivity contribution in [2.45, 2.75) is 75.4 Å². The van der Waals surface area contributed by atoms with Crippen molar-refractivity contribution in [1.82, 2.24) is 0 Å². The van der Waals surface area contributed by atoms with Crippen molar-refractivity contribution in [3.63, 3.8) is 0 Å². The molecule has 0 aromatic rings. The number of hydrogen-bond donors (Lipinski definition) is 1. The van der Waals surface area contributed by atoms with Gasteiger partial charge in [0.1, 0.15) is 4.93 Å². The van der Waals surface area contributed by atoms with Crippen LogP contribution in [0.5, 0.6) is 0 Å². The van der Waals surface area contributed by atoms with Crippen molar-refractivity contribution >= 4 is 11.8 Å². The van der Waals surface area contributed by atoms with Crippen molar-refractivity contribution in [3.05, 3.63) is 0 Å². The lowest BCUT2D eigenvalue weighted by Crippen LogP contribution is -2.35. The van der Waals surface area contributed by atoms with Crippen LogP contribution in [0.1, 0.15) is 65.2 Å². The summed E-state index contributed by atoms with van der Waals surface area (Å²) >= 11 is 1.91. The van der Waals surface area contributed by atoms with E-state index in [1.165, 1.54) is 38.5 Å². The Morgan fingerprint density at radius 2 is 2.06 bits per heavy atom. The van der Waals surface area contributed by atoms with E-state index in [1.807, 2.05) is 11.8 Å². The molecule has 4 atom stereocenters. The van der Waals surface area contributed by atoms with Gasteiger partial charge in [0.15, 0.2) is 0 Å². The Morgan fingerprint density at radius 1 is 1.25 bits per heavy atom. The van der Waals surface area contributed by atoms with E-state index >= 15 is 0 Å². The molecule has 2 rings (SSSR count). The molecule has 16 heavy (non-hydrogen) atoms. The summed E-state index contributed by atoms with van der Waals surface area (Å²) in [7, 11) is 0. The van der Waals surface area contributed by atoms with Crippen LogP contribution < -0.4 is 0 Å². The predicted molar refractivity (Wildman–Crippen MR) is 71.6 cm³/mol. The fraction of sp³-hybridized carbons (Fsp3) is 1.00. The van der Waals surface area contributed by atoms with Crippen LogP contribution in [-0.4, -0.2) is 15.3 Å². The Kier molecular flexibility index (Phi) is 4.23. The van der Waals surface area contributed by atoms with Crippen LogP contribution in [0.2, 0.25) is 0 Å². The number of rotatable bonds is 4. The molecule has 0 spiro atoms. The van der Waals surface area contributed by atoms with Crippen LogP contribution in [0.15, 0.2) is 0 Å². The zero-order chi connectivity index (χ0) is 11.6. The van der Waals surface area contributed by atoms with Gasteiger partial charge in [0.05, 0.1) is 0 Å². The highest BCUT2D eigenvalue weighted by molar-refractivity contribution is 8.01. The highest BCUT2D eigenvalue weighted by Gasteiger charge is 2.44. The van der Waals surface area contributed by atoms with E-state index in [0.717, 1.165) is 29.9 Å². The average molecular weight is 242 g/mol. The maximum absolute atomic E-state index is 10.6. The summed E-state index contributed by atoms with van der Waals surface area (Å²) in [5.74, 6) is 1.80. The maximum atomic E-state index is 10.6. The smallest absolute Gasteiger partial charge is 0.110 e. The fourth-order valence-electron chi connectivity index (χ4n) is 3.41. The summed E-state index contributed by atoms with van der Waals surface area (Å²) in [6.45, 7) is 4.62. The molecule has 0 amide bonds. The molecule has 2 aliphatic rings. The van der Waals surface area contributed by atoms with Crippen LogP contribution >= 0.6 is 11.8 Å². The number of fused-ring (bicyclic) bond motifs is 1. The first-order valence-corrected chi connectivity index (χ1v) is 7.93. The molecule has 0 aromatic heterocycles. The predicted octanol–water partition coefficient (Wildman–Crippen LogP) is 4.20. The first kappa shape index (κ1) is 12.8. The zero-order valence-electron chi connectivity index (χ0n) is 10.7. The molecule has 94 valence electrons. The van der Waals surface area contributed by atoms with E-state index in [0.29, 0.717) is 0 Å². The molecule has 0 aromatic carbocycles. The third-order valence-corrected chi connectivity index (χ3v) is 6.26. The molecule has 1 saturated heterocycles. The van der Waals surface area contributed by atoms with Gasteiger partial charge >= 0.3 is 0 Å². The number of thioether (sulfide) groups is 1. The molecule has 1 N–H and O–H groups in total. The minimum absolute atomic E-state index is 0.375. The Balaban J connectivity index is 1.85. The second kappa shape index (κ2) is 5.30. The van der Waals surface area contributed by atoms with Crippen molar-refractivity contribution in [1.29, 1.82) is 0 Å². The van der Waals surface area contributed by atoms with Gasteiger partial charge in [-0.15, -0.1) is 11.8 Å². The Hall–Kier alpha value is 0.310. The van der Waals surface area contributed by atoms with Gasteiger partial charge in [-0.25, -0.2) is 0 Å². The molecule has 0 radical (unpaired) electrons. The van der Waals surface area contributed by atoms with Gasteiger partial charge in [-0.2, -0.15) is 0 Å². The van der Waals surface area contributed by atoms with E-state index < -0.39 is 0 Å². The molecule has 1 nitrogen and oxygen atoms in total. The van der Waals surface area contributed by atoms with Gasteiger partial charge in [0.25, 0.3) is 0 Å². The van der Waals surface area contributed by atoms with E-state index in [9.17, 15) is 5.11 Å². The normalized spacial score (nSPS) is 43.3. The van der Waals surface area contributed by atoms with E-state index in [4.69, 9.17) is 0 Å². The lowest BCUT2D eigenvalue weighted by Gasteiger charge is -2.39. The van der Waals surface area contributed by atoms with E-state index in [1.54, 1.807) is 0 Å². The summed E-state index contributed by atoms with van der Waals surface area (Å²) in [5, 5.41) is 11.4. The summed E-state index contributed by atoms with van der Waals surface area (Å²) in [6.07, 6.45) is 9.77. The second-order valence-corrected chi connectivity index (χ2v) is 7.42. The lowest BCUT2D eigenvalue weighted by molar-refractivity contribution is 0.0946. The van der Waals surface area contributed by atoms with Crippen LogP contribution in [-0.2, 0) is 0 Å². The molecule has 0 bridgehead atoms. The summed E-state index contributed by atoms with van der Waals surface area (Å²) in [5.41, 5.74) is 0. The second-order valence-electron chi connectivity index (χ2n) is 5.82. The van der Waals surface area contributed by atoms with Crippen LogP contribution in [0.3, 0.4) is 0 Å². The number of hydrogen-bond acceptors (Lipinski definition) is 2. The minimum atomic E-state index is -0.375. The SMILES string of the molecule is CCCCCC1(O)CC[C@@H]2C(C)CC[C@H]2S1. The first-order valence-electron chi connectivity index (χ1n) is 7.05.